The quantitative estimate of drug-likeness (QED) is 0.599. The molecule has 27 heavy (non-hydrogen) atoms. The van der Waals surface area contributed by atoms with Crippen LogP contribution < -0.4 is 20.1 Å². The van der Waals surface area contributed by atoms with Crippen LogP contribution in [0.25, 0.3) is 0 Å². The Balaban J connectivity index is 1.67. The zero-order valence-corrected chi connectivity index (χ0v) is 16.4. The fourth-order valence-corrected chi connectivity index (χ4v) is 4.16. The average molecular weight is 409 g/mol. The first kappa shape index (κ1) is 19.3. The number of anilines is 1. The molecule has 2 amide bonds. The van der Waals surface area contributed by atoms with Gasteiger partial charge in [0.15, 0.2) is 11.5 Å². The van der Waals surface area contributed by atoms with Crippen molar-refractivity contribution in [3.05, 3.63) is 29.3 Å². The average Bonchev–Trinajstić information content (AvgIpc) is 3.24. The Morgan fingerprint density at radius 3 is 2.85 bits per heavy atom. The van der Waals surface area contributed by atoms with Gasteiger partial charge < -0.3 is 19.9 Å². The highest BCUT2D eigenvalue weighted by atomic mass is 32.2. The topological polar surface area (TPSA) is 110 Å². The molecule has 1 aliphatic heterocycles. The zero-order chi connectivity index (χ0) is 19.4. The fraction of sp³-hybridized carbons (Fsp3) is 0.353. The number of benzene rings is 1. The van der Waals surface area contributed by atoms with Crippen molar-refractivity contribution >= 4 is 40.3 Å². The molecule has 0 radical (unpaired) electrons. The number of carboxylic acids is 1. The normalized spacial score (nSPS) is 12.3. The zero-order valence-electron chi connectivity index (χ0n) is 14.8. The first-order valence-electron chi connectivity index (χ1n) is 8.23. The molecule has 0 bridgehead atoms. The number of aromatic nitrogens is 1. The van der Waals surface area contributed by atoms with Crippen molar-refractivity contribution < 1.29 is 24.2 Å². The molecule has 1 aromatic heterocycles. The smallest absolute Gasteiger partial charge is 0.341 e. The number of fused-ring (bicyclic) bond motifs is 1. The van der Waals surface area contributed by atoms with Gasteiger partial charge in [-0.1, -0.05) is 31.7 Å². The van der Waals surface area contributed by atoms with Crippen molar-refractivity contribution in [2.75, 3.05) is 18.7 Å². The van der Waals surface area contributed by atoms with Crippen LogP contribution in [0.15, 0.2) is 23.2 Å². The number of hydrogen-bond acceptors (Lipinski definition) is 7. The molecule has 1 aromatic carbocycles. The predicted octanol–water partition coefficient (Wildman–Crippen LogP) is 3.64. The van der Waals surface area contributed by atoms with Gasteiger partial charge in [-0.2, -0.15) is 4.37 Å². The number of amides is 2. The van der Waals surface area contributed by atoms with Crippen LogP contribution in [-0.4, -0.2) is 34.8 Å². The van der Waals surface area contributed by atoms with E-state index in [1.807, 2.05) is 32.0 Å². The van der Waals surface area contributed by atoms with Crippen LogP contribution in [0.3, 0.4) is 0 Å². The molecule has 3 rings (SSSR count). The van der Waals surface area contributed by atoms with Crippen molar-refractivity contribution in [1.29, 1.82) is 0 Å². The third-order valence-corrected chi connectivity index (χ3v) is 5.51. The van der Waals surface area contributed by atoms with Crippen molar-refractivity contribution in [3.63, 3.8) is 0 Å². The molecule has 0 atom stereocenters. The molecule has 0 spiro atoms. The molecule has 2 aromatic rings. The highest BCUT2D eigenvalue weighted by Gasteiger charge is 2.22. The van der Waals surface area contributed by atoms with Crippen LogP contribution in [0.1, 0.15) is 29.8 Å². The summed E-state index contributed by atoms with van der Waals surface area (Å²) < 4.78 is 14.8. The molecule has 0 aliphatic carbocycles. The number of carbonyl (C=O) groups excluding carboxylic acids is 1. The predicted molar refractivity (Wildman–Crippen MR) is 103 cm³/mol. The maximum atomic E-state index is 11.9. The van der Waals surface area contributed by atoms with E-state index in [1.165, 1.54) is 11.8 Å². The Morgan fingerprint density at radius 1 is 1.33 bits per heavy atom. The van der Waals surface area contributed by atoms with E-state index >= 15 is 0 Å². The van der Waals surface area contributed by atoms with E-state index in [0.29, 0.717) is 34.7 Å². The van der Waals surface area contributed by atoms with Crippen molar-refractivity contribution in [2.45, 2.75) is 24.6 Å². The Labute approximate surface area is 164 Å². The minimum absolute atomic E-state index is 0.00504. The van der Waals surface area contributed by atoms with E-state index in [-0.39, 0.29) is 17.4 Å². The van der Waals surface area contributed by atoms with Gasteiger partial charge in [-0.25, -0.2) is 9.59 Å². The number of urea groups is 1. The van der Waals surface area contributed by atoms with Gasteiger partial charge in [0.25, 0.3) is 0 Å². The number of nitrogens with zero attached hydrogens (tertiary/aromatic N) is 1. The Bertz CT molecular complexity index is 853. The van der Waals surface area contributed by atoms with E-state index in [1.54, 1.807) is 0 Å². The number of carboxylic acid groups (broad SMARTS) is 1. The molecule has 0 saturated carbocycles. The minimum Gasteiger partial charge on any atom is -0.477 e. The largest absolute Gasteiger partial charge is 0.477 e. The summed E-state index contributed by atoms with van der Waals surface area (Å²) in [5, 5.41) is 15.4. The molecule has 8 nitrogen and oxygen atoms in total. The van der Waals surface area contributed by atoms with Crippen LogP contribution in [0, 0.1) is 5.92 Å². The Morgan fingerprint density at radius 2 is 2.11 bits per heavy atom. The van der Waals surface area contributed by atoms with Gasteiger partial charge in [-0.05, 0) is 35.1 Å². The van der Waals surface area contributed by atoms with Gasteiger partial charge >= 0.3 is 12.0 Å². The summed E-state index contributed by atoms with van der Waals surface area (Å²) in [4.78, 5) is 23.6. The molecule has 10 heteroatoms. The number of carbonyl (C=O) groups is 2. The van der Waals surface area contributed by atoms with Crippen molar-refractivity contribution in [1.82, 2.24) is 9.69 Å². The van der Waals surface area contributed by atoms with Crippen LogP contribution >= 0.6 is 23.3 Å². The number of nitrogens with one attached hydrogen (secondary N) is 2. The van der Waals surface area contributed by atoms with Gasteiger partial charge in [-0.15, -0.1) is 0 Å². The van der Waals surface area contributed by atoms with Gasteiger partial charge in [-0.3, -0.25) is 5.32 Å². The Kier molecular flexibility index (Phi) is 6.07. The fourth-order valence-electron chi connectivity index (χ4n) is 2.27. The molecule has 0 fully saturated rings. The number of rotatable bonds is 7. The summed E-state index contributed by atoms with van der Waals surface area (Å²) in [6.07, 6.45) is 0. The van der Waals surface area contributed by atoms with Crippen LogP contribution in [-0.2, 0) is 5.75 Å². The summed E-state index contributed by atoms with van der Waals surface area (Å²) >= 11 is 2.24. The molecule has 144 valence electrons. The summed E-state index contributed by atoms with van der Waals surface area (Å²) in [5.41, 5.74) is 0.961. The molecular formula is C17H19N3O5S2. The van der Waals surface area contributed by atoms with Gasteiger partial charge in [0, 0.05) is 12.3 Å². The summed E-state index contributed by atoms with van der Waals surface area (Å²) in [6.45, 7) is 4.65. The molecule has 1 aliphatic rings. The van der Waals surface area contributed by atoms with Gasteiger partial charge in [0.05, 0.1) is 0 Å². The summed E-state index contributed by atoms with van der Waals surface area (Å²) in [6, 6.07) is 5.14. The second-order valence-electron chi connectivity index (χ2n) is 6.20. The van der Waals surface area contributed by atoms with Crippen LogP contribution in [0.5, 0.6) is 11.5 Å². The van der Waals surface area contributed by atoms with E-state index in [4.69, 9.17) is 9.47 Å². The van der Waals surface area contributed by atoms with Crippen LogP contribution in [0.4, 0.5) is 9.80 Å². The first-order valence-corrected chi connectivity index (χ1v) is 9.99. The first-order chi connectivity index (χ1) is 12.9. The lowest BCUT2D eigenvalue weighted by Crippen LogP contribution is -2.31. The number of thioether (sulfide) groups is 1. The molecule has 0 saturated heterocycles. The Hall–Kier alpha value is -2.46. The van der Waals surface area contributed by atoms with E-state index < -0.39 is 12.0 Å². The highest BCUT2D eigenvalue weighted by Crippen LogP contribution is 2.36. The minimum atomic E-state index is -1.13. The van der Waals surface area contributed by atoms with Gasteiger partial charge in [0.2, 0.25) is 6.79 Å². The number of hydrogen-bond donors (Lipinski definition) is 3. The number of aromatic carboxylic acids is 1. The SMILES string of the molecule is CC(C)CNC(=O)Nc1snc(SCc2ccc3c(c2)OCO3)c1C(=O)O. The monoisotopic (exact) mass is 409 g/mol. The van der Waals surface area contributed by atoms with E-state index in [9.17, 15) is 14.7 Å². The molecule has 0 unspecified atom stereocenters. The van der Waals surface area contributed by atoms with E-state index in [0.717, 1.165) is 17.1 Å². The van der Waals surface area contributed by atoms with Crippen molar-refractivity contribution in [3.8, 4) is 11.5 Å². The third-order valence-electron chi connectivity index (χ3n) is 3.59. The standard InChI is InChI=1S/C17H19N3O5S2/c1-9(2)6-18-17(23)19-14-13(16(21)22)15(20-27-14)26-7-10-3-4-11-12(5-10)25-8-24-11/h3-5,9H,6-8H2,1-2H3,(H,21,22)(H2,18,19,23). The number of ether oxygens (including phenoxy) is 2. The summed E-state index contributed by atoms with van der Waals surface area (Å²) in [5.74, 6) is 1.05. The lowest BCUT2D eigenvalue weighted by molar-refractivity contribution is 0.0694. The van der Waals surface area contributed by atoms with Gasteiger partial charge in [0.1, 0.15) is 15.6 Å². The molecular weight excluding hydrogens is 390 g/mol. The van der Waals surface area contributed by atoms with Crippen molar-refractivity contribution in [2.24, 2.45) is 5.92 Å². The third kappa shape index (κ3) is 4.83. The lowest BCUT2D eigenvalue weighted by atomic mass is 10.2. The second-order valence-corrected chi connectivity index (χ2v) is 7.94. The summed E-state index contributed by atoms with van der Waals surface area (Å²) in [7, 11) is 0. The lowest BCUT2D eigenvalue weighted by Gasteiger charge is -2.08. The maximum Gasteiger partial charge on any atom is 0.341 e. The maximum absolute atomic E-state index is 11.9. The molecule has 3 N–H and O–H groups in total. The highest BCUT2D eigenvalue weighted by molar-refractivity contribution is 7.98. The second kappa shape index (κ2) is 8.49. The van der Waals surface area contributed by atoms with E-state index in [2.05, 4.69) is 15.0 Å². The van der Waals surface area contributed by atoms with Crippen LogP contribution in [0.2, 0.25) is 0 Å². The molecule has 2 heterocycles.